The second-order valence-electron chi connectivity index (χ2n) is 8.48. The number of fused-ring (bicyclic) bond motifs is 1. The summed E-state index contributed by atoms with van der Waals surface area (Å²) in [5.74, 6) is 0.00385. The maximum absolute atomic E-state index is 12.9. The molecular weight excluding hydrogens is 416 g/mol. The summed E-state index contributed by atoms with van der Waals surface area (Å²) < 4.78 is 40.1. The van der Waals surface area contributed by atoms with E-state index in [1.807, 2.05) is 0 Å². The molecule has 1 unspecified atom stereocenters. The van der Waals surface area contributed by atoms with E-state index in [1.165, 1.54) is 18.6 Å². The van der Waals surface area contributed by atoms with Gasteiger partial charge in [0.25, 0.3) is 5.79 Å². The molecule has 0 radical (unpaired) electrons. The highest BCUT2D eigenvalue weighted by Crippen LogP contribution is 2.46. The van der Waals surface area contributed by atoms with Crippen LogP contribution in [0.25, 0.3) is 0 Å². The number of hydrogen-bond acceptors (Lipinski definition) is 5. The first-order valence-corrected chi connectivity index (χ1v) is 12.2. The van der Waals surface area contributed by atoms with Crippen molar-refractivity contribution in [2.75, 3.05) is 5.32 Å². The van der Waals surface area contributed by atoms with E-state index in [9.17, 15) is 13.2 Å². The lowest BCUT2D eigenvalue weighted by Crippen LogP contribution is -2.47. The summed E-state index contributed by atoms with van der Waals surface area (Å²) in [4.78, 5) is 13.1. The molecule has 8 heteroatoms. The van der Waals surface area contributed by atoms with E-state index in [4.69, 9.17) is 9.47 Å². The fourth-order valence-electron chi connectivity index (χ4n) is 4.01. The largest absolute Gasteiger partial charge is 0.448 e. The highest BCUT2D eigenvalue weighted by Gasteiger charge is 2.42. The number of rotatable bonds is 6. The highest BCUT2D eigenvalue weighted by atomic mass is 32.2. The highest BCUT2D eigenvalue weighted by molar-refractivity contribution is 7.89. The van der Waals surface area contributed by atoms with Crippen LogP contribution in [0.3, 0.4) is 0 Å². The lowest BCUT2D eigenvalue weighted by Gasteiger charge is -2.31. The second kappa shape index (κ2) is 8.51. The van der Waals surface area contributed by atoms with E-state index in [1.54, 1.807) is 50.2 Å². The Morgan fingerprint density at radius 2 is 1.65 bits per heavy atom. The quantitative estimate of drug-likeness (QED) is 0.701. The third-order valence-corrected chi connectivity index (χ3v) is 7.16. The summed E-state index contributed by atoms with van der Waals surface area (Å²) in [6.07, 6.45) is 5.01. The zero-order chi connectivity index (χ0) is 22.1. The van der Waals surface area contributed by atoms with Crippen LogP contribution in [0.2, 0.25) is 0 Å². The predicted octanol–water partition coefficient (Wildman–Crippen LogP) is 4.06. The molecule has 1 fully saturated rings. The van der Waals surface area contributed by atoms with Crippen LogP contribution >= 0.6 is 0 Å². The molecule has 1 saturated carbocycles. The van der Waals surface area contributed by atoms with Gasteiger partial charge in [-0.25, -0.2) is 8.42 Å². The number of ether oxygens (including phenoxy) is 2. The van der Waals surface area contributed by atoms with Gasteiger partial charge in [-0.15, -0.1) is 0 Å². The van der Waals surface area contributed by atoms with E-state index < -0.39 is 27.8 Å². The molecule has 1 heterocycles. The van der Waals surface area contributed by atoms with Crippen molar-refractivity contribution in [1.82, 2.24) is 4.72 Å². The second-order valence-corrected chi connectivity index (χ2v) is 10.2. The monoisotopic (exact) mass is 444 g/mol. The molecule has 1 aliphatic carbocycles. The molecule has 1 aliphatic heterocycles. The summed E-state index contributed by atoms with van der Waals surface area (Å²) in [7, 11) is -3.83. The van der Waals surface area contributed by atoms with Gasteiger partial charge in [0.1, 0.15) is 6.04 Å². The van der Waals surface area contributed by atoms with E-state index in [0.717, 1.165) is 25.7 Å². The van der Waals surface area contributed by atoms with Crippen LogP contribution in [0.5, 0.6) is 11.5 Å². The van der Waals surface area contributed by atoms with Gasteiger partial charge in [0.05, 0.1) is 4.90 Å². The minimum atomic E-state index is -3.83. The molecule has 2 aliphatic rings. The summed E-state index contributed by atoms with van der Waals surface area (Å²) >= 11 is 0. The summed E-state index contributed by atoms with van der Waals surface area (Å²) in [6, 6.07) is 12.4. The number of hydrogen-bond donors (Lipinski definition) is 2. The fraction of sp³-hybridized carbons (Fsp3) is 0.435. The Morgan fingerprint density at radius 1 is 0.968 bits per heavy atom. The van der Waals surface area contributed by atoms with Crippen LogP contribution in [0, 0.1) is 5.92 Å². The first-order chi connectivity index (χ1) is 14.8. The molecule has 2 aromatic carbocycles. The van der Waals surface area contributed by atoms with Crippen molar-refractivity contribution in [1.29, 1.82) is 0 Å². The van der Waals surface area contributed by atoms with Crippen LogP contribution in [0.4, 0.5) is 5.69 Å². The molecule has 0 aromatic heterocycles. The minimum Gasteiger partial charge on any atom is -0.448 e. The molecule has 1 amide bonds. The Bertz CT molecular complexity index is 1050. The van der Waals surface area contributed by atoms with Crippen molar-refractivity contribution >= 4 is 21.6 Å². The Hall–Kier alpha value is -2.58. The van der Waals surface area contributed by atoms with Gasteiger partial charge in [-0.1, -0.05) is 38.5 Å². The number of sulfonamides is 1. The Kier molecular flexibility index (Phi) is 5.94. The fourth-order valence-corrected chi connectivity index (χ4v) is 5.38. The molecule has 2 N–H and O–H groups in total. The van der Waals surface area contributed by atoms with Crippen molar-refractivity contribution in [2.45, 2.75) is 62.7 Å². The third-order valence-electron chi connectivity index (χ3n) is 5.70. The molecule has 4 rings (SSSR count). The van der Waals surface area contributed by atoms with Gasteiger partial charge in [-0.2, -0.15) is 4.72 Å². The Labute approximate surface area is 183 Å². The average molecular weight is 445 g/mol. The minimum absolute atomic E-state index is 0.120. The lowest BCUT2D eigenvalue weighted by atomic mass is 9.94. The van der Waals surface area contributed by atoms with E-state index in [-0.39, 0.29) is 10.8 Å². The van der Waals surface area contributed by atoms with Crippen molar-refractivity contribution in [3.8, 4) is 11.5 Å². The van der Waals surface area contributed by atoms with E-state index >= 15 is 0 Å². The maximum Gasteiger partial charge on any atom is 0.251 e. The maximum atomic E-state index is 12.9. The molecule has 1 atom stereocenters. The van der Waals surface area contributed by atoms with Crippen LogP contribution < -0.4 is 19.5 Å². The van der Waals surface area contributed by atoms with Gasteiger partial charge in [-0.05, 0) is 43.0 Å². The summed E-state index contributed by atoms with van der Waals surface area (Å²) in [5.41, 5.74) is 0.532. The average Bonchev–Trinajstić information content (AvgIpc) is 3.09. The van der Waals surface area contributed by atoms with Gasteiger partial charge in [0.15, 0.2) is 11.5 Å². The van der Waals surface area contributed by atoms with Gasteiger partial charge >= 0.3 is 0 Å². The number of amides is 1. The third kappa shape index (κ3) is 4.70. The van der Waals surface area contributed by atoms with Crippen molar-refractivity contribution < 1.29 is 22.7 Å². The van der Waals surface area contributed by atoms with Crippen LogP contribution in [-0.4, -0.2) is 26.2 Å². The van der Waals surface area contributed by atoms with Crippen molar-refractivity contribution in [3.63, 3.8) is 0 Å². The standard InChI is InChI=1S/C23H28N2O5S/c1-16(2)21(25-31(27,28)18-9-5-3-6-10-18)22(26)24-17-11-12-19-20(15-17)30-23(29-19)13-7-4-8-14-23/h3,5-6,9-12,15-16,21,25H,4,7-8,13-14H2,1-2H3,(H,24,26). The molecular formula is C23H28N2O5S. The SMILES string of the molecule is CC(C)C(NS(=O)(=O)c1ccccc1)C(=O)Nc1ccc2c(c1)OC1(CCCCC1)O2. The zero-order valence-corrected chi connectivity index (χ0v) is 18.6. The van der Waals surface area contributed by atoms with Gasteiger partial charge in [-0.3, -0.25) is 4.79 Å². The predicted molar refractivity (Wildman–Crippen MR) is 118 cm³/mol. The zero-order valence-electron chi connectivity index (χ0n) is 17.8. The van der Waals surface area contributed by atoms with E-state index in [0.29, 0.717) is 17.2 Å². The molecule has 0 bridgehead atoms. The number of anilines is 1. The molecule has 2 aromatic rings. The summed E-state index contributed by atoms with van der Waals surface area (Å²) in [6.45, 7) is 3.59. The lowest BCUT2D eigenvalue weighted by molar-refractivity contribution is -0.118. The number of nitrogens with one attached hydrogen (secondary N) is 2. The van der Waals surface area contributed by atoms with Gasteiger partial charge in [0.2, 0.25) is 15.9 Å². The normalized spacial score (nSPS) is 18.2. The topological polar surface area (TPSA) is 93.7 Å². The van der Waals surface area contributed by atoms with Crippen molar-refractivity contribution in [3.05, 3.63) is 48.5 Å². The number of carbonyl (C=O) groups excluding carboxylic acids is 1. The first-order valence-electron chi connectivity index (χ1n) is 10.7. The first kappa shape index (κ1) is 21.6. The molecule has 166 valence electrons. The van der Waals surface area contributed by atoms with Crippen LogP contribution in [0.1, 0.15) is 46.0 Å². The van der Waals surface area contributed by atoms with Crippen molar-refractivity contribution in [2.24, 2.45) is 5.92 Å². The Balaban J connectivity index is 1.47. The molecule has 7 nitrogen and oxygen atoms in total. The van der Waals surface area contributed by atoms with Crippen LogP contribution in [0.15, 0.2) is 53.4 Å². The van der Waals surface area contributed by atoms with Gasteiger partial charge < -0.3 is 14.8 Å². The summed E-state index contributed by atoms with van der Waals surface area (Å²) in [5, 5.41) is 2.82. The van der Waals surface area contributed by atoms with Crippen LogP contribution in [-0.2, 0) is 14.8 Å². The number of benzene rings is 2. The molecule has 31 heavy (non-hydrogen) atoms. The van der Waals surface area contributed by atoms with E-state index in [2.05, 4.69) is 10.0 Å². The smallest absolute Gasteiger partial charge is 0.251 e. The Morgan fingerprint density at radius 3 is 2.32 bits per heavy atom. The molecule has 0 saturated heterocycles. The van der Waals surface area contributed by atoms with Gasteiger partial charge in [0, 0.05) is 24.6 Å². The number of carbonyl (C=O) groups is 1. The molecule has 1 spiro atoms.